The molecule has 0 saturated carbocycles. The van der Waals surface area contributed by atoms with E-state index in [-0.39, 0.29) is 17.1 Å². The van der Waals surface area contributed by atoms with Crippen molar-refractivity contribution in [1.29, 1.82) is 0 Å². The molecule has 0 atom stereocenters. The molecule has 0 spiro atoms. The van der Waals surface area contributed by atoms with Gasteiger partial charge >= 0.3 is 0 Å². The van der Waals surface area contributed by atoms with Crippen LogP contribution in [0, 0.1) is 12.7 Å². The number of aromatic hydroxyl groups is 1. The first-order chi connectivity index (χ1) is 9.66. The molecule has 0 aliphatic heterocycles. The Labute approximate surface area is 114 Å². The number of rotatable bonds is 2. The minimum atomic E-state index is -0.435. The summed E-state index contributed by atoms with van der Waals surface area (Å²) in [7, 11) is 0. The molecule has 100 valence electrons. The third kappa shape index (κ3) is 2.03. The highest BCUT2D eigenvalue weighted by Gasteiger charge is 2.13. The van der Waals surface area contributed by atoms with Gasteiger partial charge in [-0.1, -0.05) is 30.3 Å². The number of aryl methyl sites for hydroxylation is 1. The molecule has 3 aromatic rings. The van der Waals surface area contributed by atoms with Gasteiger partial charge in [-0.25, -0.2) is 4.39 Å². The number of halogens is 1. The van der Waals surface area contributed by atoms with Crippen molar-refractivity contribution in [1.82, 2.24) is 4.98 Å². The Kier molecular flexibility index (Phi) is 2.95. The summed E-state index contributed by atoms with van der Waals surface area (Å²) in [6, 6.07) is 12.1. The maximum atomic E-state index is 13.6. The summed E-state index contributed by atoms with van der Waals surface area (Å²) in [6.45, 7) is 1.92. The molecule has 0 saturated heterocycles. The van der Waals surface area contributed by atoms with Gasteiger partial charge in [0.25, 0.3) is 0 Å². The number of hydrogen-bond acceptors (Lipinski definition) is 3. The van der Waals surface area contributed by atoms with Gasteiger partial charge in [0.1, 0.15) is 5.82 Å². The molecule has 20 heavy (non-hydrogen) atoms. The largest absolute Gasteiger partial charge is 0.493 e. The maximum absolute atomic E-state index is 13.6. The number of nitrogens with one attached hydrogen (secondary N) is 1. The monoisotopic (exact) mass is 269 g/mol. The molecule has 0 fully saturated rings. The van der Waals surface area contributed by atoms with Crippen LogP contribution < -0.4 is 0 Å². The van der Waals surface area contributed by atoms with Gasteiger partial charge in [-0.3, -0.25) is 0 Å². The van der Waals surface area contributed by atoms with E-state index in [1.165, 1.54) is 6.07 Å². The highest BCUT2D eigenvalue weighted by molar-refractivity contribution is 5.94. The summed E-state index contributed by atoms with van der Waals surface area (Å²) < 4.78 is 13.6. The van der Waals surface area contributed by atoms with E-state index in [1.807, 2.05) is 31.2 Å². The van der Waals surface area contributed by atoms with E-state index < -0.39 is 5.82 Å². The molecule has 5 heteroatoms. The van der Waals surface area contributed by atoms with Crippen molar-refractivity contribution in [3.05, 3.63) is 53.8 Å². The van der Waals surface area contributed by atoms with Crippen molar-refractivity contribution < 1.29 is 9.50 Å². The van der Waals surface area contributed by atoms with E-state index in [1.54, 1.807) is 12.1 Å². The van der Waals surface area contributed by atoms with Crippen LogP contribution in [0.4, 0.5) is 15.8 Å². The lowest BCUT2D eigenvalue weighted by atomic mass is 10.2. The number of aromatic amines is 1. The number of aromatic nitrogens is 1. The molecule has 0 unspecified atom stereocenters. The molecule has 0 radical (unpaired) electrons. The highest BCUT2D eigenvalue weighted by Crippen LogP contribution is 2.37. The average molecular weight is 269 g/mol. The van der Waals surface area contributed by atoms with E-state index >= 15 is 0 Å². The summed E-state index contributed by atoms with van der Waals surface area (Å²) >= 11 is 0. The number of nitrogens with zero attached hydrogens (tertiary/aromatic N) is 2. The molecular formula is C15H12FN3O. The van der Waals surface area contributed by atoms with E-state index in [2.05, 4.69) is 15.2 Å². The third-order valence-electron chi connectivity index (χ3n) is 3.11. The zero-order valence-electron chi connectivity index (χ0n) is 10.8. The number of para-hydroxylation sites is 1. The molecule has 0 bridgehead atoms. The van der Waals surface area contributed by atoms with Crippen LogP contribution in [0.5, 0.6) is 5.88 Å². The van der Waals surface area contributed by atoms with E-state index in [0.717, 1.165) is 5.56 Å². The predicted molar refractivity (Wildman–Crippen MR) is 75.3 cm³/mol. The summed E-state index contributed by atoms with van der Waals surface area (Å²) in [5, 5.41) is 18.5. The molecule has 0 amide bonds. The van der Waals surface area contributed by atoms with Gasteiger partial charge in [-0.15, -0.1) is 5.11 Å². The molecule has 0 aliphatic carbocycles. The summed E-state index contributed by atoms with van der Waals surface area (Å²) in [4.78, 5) is 2.57. The van der Waals surface area contributed by atoms with Crippen LogP contribution in [-0.2, 0) is 0 Å². The van der Waals surface area contributed by atoms with Crippen molar-refractivity contribution >= 4 is 22.3 Å². The number of H-pyrrole nitrogens is 1. The zero-order valence-corrected chi connectivity index (χ0v) is 10.8. The van der Waals surface area contributed by atoms with Gasteiger partial charge in [0.05, 0.1) is 11.2 Å². The molecule has 2 aromatic carbocycles. The van der Waals surface area contributed by atoms with E-state index in [0.29, 0.717) is 11.1 Å². The molecule has 1 aromatic heterocycles. The van der Waals surface area contributed by atoms with Gasteiger partial charge in [0.15, 0.2) is 5.69 Å². The van der Waals surface area contributed by atoms with Crippen molar-refractivity contribution in [2.24, 2.45) is 10.2 Å². The van der Waals surface area contributed by atoms with Crippen molar-refractivity contribution in [2.75, 3.05) is 0 Å². The summed E-state index contributed by atoms with van der Waals surface area (Å²) in [5.74, 6) is -0.627. The van der Waals surface area contributed by atoms with Gasteiger partial charge in [0.2, 0.25) is 5.88 Å². The Hall–Kier alpha value is -2.69. The van der Waals surface area contributed by atoms with Crippen molar-refractivity contribution in [3.63, 3.8) is 0 Å². The summed E-state index contributed by atoms with van der Waals surface area (Å²) in [5.41, 5.74) is 2.14. The first-order valence-electron chi connectivity index (χ1n) is 6.13. The Morgan fingerprint density at radius 3 is 2.65 bits per heavy atom. The molecular weight excluding hydrogens is 257 g/mol. The fraction of sp³-hybridized carbons (Fsp3) is 0.0667. The normalized spacial score (nSPS) is 11.5. The summed E-state index contributed by atoms with van der Waals surface area (Å²) in [6.07, 6.45) is 0. The lowest BCUT2D eigenvalue weighted by Crippen LogP contribution is -1.74. The van der Waals surface area contributed by atoms with Crippen molar-refractivity contribution in [3.8, 4) is 5.88 Å². The molecule has 1 heterocycles. The second kappa shape index (κ2) is 4.77. The van der Waals surface area contributed by atoms with Gasteiger partial charge < -0.3 is 10.1 Å². The van der Waals surface area contributed by atoms with Crippen LogP contribution in [-0.4, -0.2) is 10.1 Å². The van der Waals surface area contributed by atoms with Crippen molar-refractivity contribution in [2.45, 2.75) is 6.92 Å². The average Bonchev–Trinajstić information content (AvgIpc) is 2.76. The number of fused-ring (bicyclic) bond motifs is 1. The fourth-order valence-corrected chi connectivity index (χ4v) is 2.03. The minimum Gasteiger partial charge on any atom is -0.493 e. The lowest BCUT2D eigenvalue weighted by molar-refractivity contribution is 0.459. The van der Waals surface area contributed by atoms with Crippen LogP contribution in [0.25, 0.3) is 10.9 Å². The Balaban J connectivity index is 2.10. The standard InChI is InChI=1S/C15H12FN3O/c1-9-5-2-3-8-12(9)18-19-14-10-6-4-7-11(16)13(10)17-15(14)20/h2-8,17,20H,1H3. The number of azo groups is 1. The smallest absolute Gasteiger partial charge is 0.218 e. The topological polar surface area (TPSA) is 60.7 Å². The second-order valence-corrected chi connectivity index (χ2v) is 4.47. The van der Waals surface area contributed by atoms with Crippen LogP contribution in [0.2, 0.25) is 0 Å². The molecule has 3 rings (SSSR count). The molecule has 2 N–H and O–H groups in total. The van der Waals surface area contributed by atoms with Crippen LogP contribution in [0.15, 0.2) is 52.7 Å². The molecule has 0 aliphatic rings. The van der Waals surface area contributed by atoms with Crippen LogP contribution in [0.3, 0.4) is 0 Å². The third-order valence-corrected chi connectivity index (χ3v) is 3.11. The van der Waals surface area contributed by atoms with Gasteiger partial charge in [-0.2, -0.15) is 5.11 Å². The number of benzene rings is 2. The quantitative estimate of drug-likeness (QED) is 0.649. The second-order valence-electron chi connectivity index (χ2n) is 4.47. The fourth-order valence-electron chi connectivity index (χ4n) is 2.03. The van der Waals surface area contributed by atoms with Crippen LogP contribution in [0.1, 0.15) is 5.56 Å². The SMILES string of the molecule is Cc1ccccc1N=Nc1c(O)[nH]c2c(F)cccc12. The highest BCUT2D eigenvalue weighted by atomic mass is 19.1. The van der Waals surface area contributed by atoms with Crippen LogP contribution >= 0.6 is 0 Å². The zero-order chi connectivity index (χ0) is 14.1. The predicted octanol–water partition coefficient (Wildman–Crippen LogP) is 4.74. The first kappa shape index (κ1) is 12.3. The Bertz CT molecular complexity index is 808. The van der Waals surface area contributed by atoms with Gasteiger partial charge in [-0.05, 0) is 24.6 Å². The lowest BCUT2D eigenvalue weighted by Gasteiger charge is -1.97. The molecule has 4 nitrogen and oxygen atoms in total. The van der Waals surface area contributed by atoms with E-state index in [4.69, 9.17) is 0 Å². The minimum absolute atomic E-state index is 0.192. The van der Waals surface area contributed by atoms with E-state index in [9.17, 15) is 9.50 Å². The van der Waals surface area contributed by atoms with Gasteiger partial charge in [0, 0.05) is 5.39 Å². The Morgan fingerprint density at radius 2 is 1.85 bits per heavy atom. The Morgan fingerprint density at radius 1 is 1.05 bits per heavy atom. The number of hydrogen-bond donors (Lipinski definition) is 2. The maximum Gasteiger partial charge on any atom is 0.218 e. The first-order valence-corrected chi connectivity index (χ1v) is 6.13.